The Hall–Kier alpha value is -3.71. The van der Waals surface area contributed by atoms with Crippen molar-refractivity contribution in [3.63, 3.8) is 0 Å². The summed E-state index contributed by atoms with van der Waals surface area (Å²) >= 11 is 0. The van der Waals surface area contributed by atoms with Crippen LogP contribution in [0.5, 0.6) is 5.75 Å². The fraction of sp³-hybridized carbons (Fsp3) is 0.364. The average molecular weight is 495 g/mol. The van der Waals surface area contributed by atoms with E-state index in [9.17, 15) is 22.8 Å². The van der Waals surface area contributed by atoms with Crippen LogP contribution in [0.25, 0.3) is 22.4 Å². The summed E-state index contributed by atoms with van der Waals surface area (Å²) in [4.78, 5) is 32.8. The van der Waals surface area contributed by atoms with E-state index < -0.39 is 29.7 Å². The monoisotopic (exact) mass is 495 g/mol. The molecule has 1 atom stereocenters. The van der Waals surface area contributed by atoms with E-state index in [1.54, 1.807) is 0 Å². The average Bonchev–Trinajstić information content (AvgIpc) is 3.26. The molecule has 2 aromatic heterocycles. The Morgan fingerprint density at radius 2 is 1.91 bits per heavy atom. The normalized spacial score (nSPS) is 12.4. The lowest BCUT2D eigenvalue weighted by Gasteiger charge is -2.13. The van der Waals surface area contributed by atoms with Crippen molar-refractivity contribution in [1.29, 1.82) is 0 Å². The number of carbonyl (C=O) groups is 2. The molecule has 188 valence electrons. The Bertz CT molecular complexity index is 1230. The molecule has 0 radical (unpaired) electrons. The van der Waals surface area contributed by atoms with Crippen LogP contribution in [-0.2, 0) is 22.3 Å². The molecule has 2 amide bonds. The Morgan fingerprint density at radius 3 is 2.54 bits per heavy atom. The van der Waals surface area contributed by atoms with E-state index in [0.717, 1.165) is 6.07 Å². The number of pyridine rings is 1. The van der Waals surface area contributed by atoms with Crippen LogP contribution in [0.4, 0.5) is 13.2 Å². The third-order valence-corrected chi connectivity index (χ3v) is 5.01. The van der Waals surface area contributed by atoms with Gasteiger partial charge in [-0.05, 0) is 31.2 Å². The molecular formula is C22H24F3N5O5. The molecule has 13 heteroatoms. The first-order valence-corrected chi connectivity index (χ1v) is 10.4. The van der Waals surface area contributed by atoms with Gasteiger partial charge in [-0.15, -0.1) is 0 Å². The summed E-state index contributed by atoms with van der Waals surface area (Å²) in [6, 6.07) is 4.10. The number of nitrogens with two attached hydrogens (primary N) is 1. The summed E-state index contributed by atoms with van der Waals surface area (Å²) in [6.45, 7) is 1.89. The highest BCUT2D eigenvalue weighted by molar-refractivity contribution is 5.99. The van der Waals surface area contributed by atoms with Gasteiger partial charge in [0, 0.05) is 24.6 Å². The first-order chi connectivity index (χ1) is 16.6. The summed E-state index contributed by atoms with van der Waals surface area (Å²) in [7, 11) is 2.80. The quantitative estimate of drug-likeness (QED) is 0.384. The van der Waals surface area contributed by atoms with E-state index in [1.165, 1.54) is 39.3 Å². The number of halogens is 3. The third-order valence-electron chi connectivity index (χ3n) is 5.01. The maximum Gasteiger partial charge on any atom is 0.433 e. The lowest BCUT2D eigenvalue weighted by Crippen LogP contribution is -2.45. The van der Waals surface area contributed by atoms with Crippen molar-refractivity contribution in [2.24, 2.45) is 5.73 Å². The topological polar surface area (TPSA) is 142 Å². The zero-order chi connectivity index (χ0) is 25.8. The maximum absolute atomic E-state index is 13.2. The molecule has 4 N–H and O–H groups in total. The lowest BCUT2D eigenvalue weighted by atomic mass is 10.1. The summed E-state index contributed by atoms with van der Waals surface area (Å²) in [6.07, 6.45) is -4.65. The zero-order valence-electron chi connectivity index (χ0n) is 19.2. The van der Waals surface area contributed by atoms with E-state index >= 15 is 0 Å². The molecular weight excluding hydrogens is 471 g/mol. The zero-order valence-corrected chi connectivity index (χ0v) is 19.2. The predicted octanol–water partition coefficient (Wildman–Crippen LogP) is 2.26. The molecule has 0 aliphatic heterocycles. The van der Waals surface area contributed by atoms with E-state index in [2.05, 4.69) is 20.6 Å². The number of alkyl halides is 3. The minimum Gasteiger partial charge on any atom is -0.494 e. The number of aromatic nitrogens is 2. The van der Waals surface area contributed by atoms with Gasteiger partial charge in [-0.1, -0.05) is 0 Å². The molecule has 3 aromatic rings. The number of methoxy groups -OCH3 is 2. The van der Waals surface area contributed by atoms with Gasteiger partial charge in [-0.2, -0.15) is 13.2 Å². The number of benzene rings is 1. The number of ether oxygens (including phenoxy) is 2. The number of nitrogens with zero attached hydrogens (tertiary/aromatic N) is 2. The van der Waals surface area contributed by atoms with Crippen LogP contribution in [0, 0.1) is 0 Å². The number of nitrogens with one attached hydrogen (secondary N) is 2. The number of rotatable bonds is 9. The summed E-state index contributed by atoms with van der Waals surface area (Å²) in [5.74, 6) is -1.03. The standard InChI is InChI=1S/C22H24F3N5O5/c1-11(19(31)27-8-9-33-2)28-20(32)18-15(10-26)35-21(30-18)13-4-6-14(34-3)17-12(13)5-7-16(29-17)22(23,24)25/h4-7,11H,8-10,26H2,1-3H3,(H,27,31)(H,28,32)/t11-/m1/s1. The second-order valence-corrected chi connectivity index (χ2v) is 7.38. The van der Waals surface area contributed by atoms with Crippen LogP contribution in [0.15, 0.2) is 28.7 Å². The van der Waals surface area contributed by atoms with Crippen molar-refractivity contribution >= 4 is 22.7 Å². The molecule has 3 rings (SSSR count). The van der Waals surface area contributed by atoms with Crippen LogP contribution in [-0.4, -0.2) is 55.2 Å². The highest BCUT2D eigenvalue weighted by atomic mass is 19.4. The second kappa shape index (κ2) is 10.7. The number of fused-ring (bicyclic) bond motifs is 1. The van der Waals surface area contributed by atoms with Gasteiger partial charge in [0.2, 0.25) is 11.8 Å². The van der Waals surface area contributed by atoms with Gasteiger partial charge < -0.3 is 30.3 Å². The first kappa shape index (κ1) is 25.9. The molecule has 10 nitrogen and oxygen atoms in total. The molecule has 2 heterocycles. The van der Waals surface area contributed by atoms with Crippen molar-refractivity contribution in [2.75, 3.05) is 27.4 Å². The molecule has 0 unspecified atom stereocenters. The predicted molar refractivity (Wildman–Crippen MR) is 118 cm³/mol. The van der Waals surface area contributed by atoms with Crippen LogP contribution in [0.2, 0.25) is 0 Å². The Morgan fingerprint density at radius 1 is 1.17 bits per heavy atom. The number of oxazole rings is 1. The van der Waals surface area contributed by atoms with E-state index in [0.29, 0.717) is 6.61 Å². The molecule has 0 saturated heterocycles. The Kier molecular flexibility index (Phi) is 7.92. The van der Waals surface area contributed by atoms with Crippen LogP contribution >= 0.6 is 0 Å². The van der Waals surface area contributed by atoms with Gasteiger partial charge in [-0.25, -0.2) is 9.97 Å². The molecule has 0 saturated carbocycles. The fourth-order valence-electron chi connectivity index (χ4n) is 3.24. The summed E-state index contributed by atoms with van der Waals surface area (Å²) in [5, 5.41) is 5.38. The minimum atomic E-state index is -4.65. The molecule has 0 fully saturated rings. The largest absolute Gasteiger partial charge is 0.494 e. The SMILES string of the molecule is COCCNC(=O)[C@@H](C)NC(=O)c1nc(-c2ccc(OC)c3nc(C(F)(F)F)ccc23)oc1CN. The molecule has 0 aliphatic carbocycles. The molecule has 0 spiro atoms. The number of hydrogen-bond donors (Lipinski definition) is 3. The highest BCUT2D eigenvalue weighted by Gasteiger charge is 2.33. The smallest absolute Gasteiger partial charge is 0.433 e. The van der Waals surface area contributed by atoms with E-state index in [-0.39, 0.29) is 52.7 Å². The van der Waals surface area contributed by atoms with E-state index in [4.69, 9.17) is 19.6 Å². The summed E-state index contributed by atoms with van der Waals surface area (Å²) in [5.41, 5.74) is 4.70. The van der Waals surface area contributed by atoms with Gasteiger partial charge in [0.05, 0.1) is 20.3 Å². The van der Waals surface area contributed by atoms with Crippen molar-refractivity contribution < 1.29 is 36.7 Å². The second-order valence-electron chi connectivity index (χ2n) is 7.38. The summed E-state index contributed by atoms with van der Waals surface area (Å²) < 4.78 is 55.3. The molecule has 1 aromatic carbocycles. The Balaban J connectivity index is 1.96. The van der Waals surface area contributed by atoms with Crippen molar-refractivity contribution in [1.82, 2.24) is 20.6 Å². The van der Waals surface area contributed by atoms with Gasteiger partial charge in [-0.3, -0.25) is 9.59 Å². The van der Waals surface area contributed by atoms with Crippen molar-refractivity contribution in [3.8, 4) is 17.2 Å². The fourth-order valence-corrected chi connectivity index (χ4v) is 3.24. The van der Waals surface area contributed by atoms with Crippen LogP contribution in [0.3, 0.4) is 0 Å². The van der Waals surface area contributed by atoms with Gasteiger partial charge in [0.25, 0.3) is 5.91 Å². The molecule has 0 aliphatic rings. The van der Waals surface area contributed by atoms with Gasteiger partial charge >= 0.3 is 6.18 Å². The number of amides is 2. The van der Waals surface area contributed by atoms with E-state index in [1.807, 2.05) is 0 Å². The van der Waals surface area contributed by atoms with Crippen molar-refractivity contribution in [3.05, 3.63) is 41.4 Å². The lowest BCUT2D eigenvalue weighted by molar-refractivity contribution is -0.141. The van der Waals surface area contributed by atoms with Gasteiger partial charge in [0.15, 0.2) is 11.5 Å². The van der Waals surface area contributed by atoms with Crippen molar-refractivity contribution in [2.45, 2.75) is 25.7 Å². The third kappa shape index (κ3) is 5.69. The minimum absolute atomic E-state index is 0.0355. The molecule has 0 bridgehead atoms. The Labute approximate surface area is 198 Å². The van der Waals surface area contributed by atoms with Gasteiger partial charge in [0.1, 0.15) is 23.0 Å². The van der Waals surface area contributed by atoms with Crippen LogP contribution < -0.4 is 21.1 Å². The first-order valence-electron chi connectivity index (χ1n) is 10.4. The van der Waals surface area contributed by atoms with Crippen LogP contribution in [0.1, 0.15) is 28.9 Å². The number of hydrogen-bond acceptors (Lipinski definition) is 8. The highest BCUT2D eigenvalue weighted by Crippen LogP contribution is 2.36. The maximum atomic E-state index is 13.2. The molecule has 35 heavy (non-hydrogen) atoms. The number of carbonyl (C=O) groups excluding carboxylic acids is 2.